The van der Waals surface area contributed by atoms with Crippen LogP contribution < -0.4 is 0 Å². The SMILES string of the molecule is CC(=O)O[C@H]1CCC2(C)C(=CCC(C)[C@@H]2C)C1. The zero-order chi connectivity index (χ0) is 12.6. The van der Waals surface area contributed by atoms with Gasteiger partial charge in [-0.25, -0.2) is 0 Å². The Morgan fingerprint density at radius 1 is 1.47 bits per heavy atom. The van der Waals surface area contributed by atoms with Gasteiger partial charge in [-0.15, -0.1) is 0 Å². The molecular weight excluding hydrogens is 212 g/mol. The summed E-state index contributed by atoms with van der Waals surface area (Å²) in [7, 11) is 0. The number of hydrogen-bond acceptors (Lipinski definition) is 2. The second kappa shape index (κ2) is 4.47. The average Bonchev–Trinajstić information content (AvgIpc) is 2.26. The van der Waals surface area contributed by atoms with Gasteiger partial charge in [-0.05, 0) is 36.5 Å². The number of ether oxygens (including phenoxy) is 1. The molecule has 2 unspecified atom stereocenters. The van der Waals surface area contributed by atoms with Gasteiger partial charge < -0.3 is 4.74 Å². The van der Waals surface area contributed by atoms with Gasteiger partial charge in [0.1, 0.15) is 6.10 Å². The summed E-state index contributed by atoms with van der Waals surface area (Å²) in [5, 5.41) is 0. The van der Waals surface area contributed by atoms with Crippen molar-refractivity contribution < 1.29 is 9.53 Å². The highest BCUT2D eigenvalue weighted by Gasteiger charge is 2.43. The summed E-state index contributed by atoms with van der Waals surface area (Å²) in [4.78, 5) is 11.0. The van der Waals surface area contributed by atoms with Crippen LogP contribution in [0.5, 0.6) is 0 Å². The fourth-order valence-electron chi connectivity index (χ4n) is 3.53. The van der Waals surface area contributed by atoms with E-state index in [-0.39, 0.29) is 12.1 Å². The first kappa shape index (κ1) is 12.7. The van der Waals surface area contributed by atoms with Crippen molar-refractivity contribution in [2.75, 3.05) is 0 Å². The van der Waals surface area contributed by atoms with E-state index in [4.69, 9.17) is 4.74 Å². The van der Waals surface area contributed by atoms with Crippen LogP contribution in [-0.4, -0.2) is 12.1 Å². The molecule has 0 N–H and O–H groups in total. The molecule has 17 heavy (non-hydrogen) atoms. The molecule has 0 bridgehead atoms. The molecule has 0 saturated heterocycles. The van der Waals surface area contributed by atoms with E-state index in [9.17, 15) is 4.79 Å². The maximum absolute atomic E-state index is 11.0. The molecule has 0 amide bonds. The van der Waals surface area contributed by atoms with E-state index in [1.165, 1.54) is 18.9 Å². The van der Waals surface area contributed by atoms with Crippen molar-refractivity contribution in [2.24, 2.45) is 17.3 Å². The third-order valence-corrected chi connectivity index (χ3v) is 5.09. The van der Waals surface area contributed by atoms with Gasteiger partial charge in [-0.3, -0.25) is 4.79 Å². The Kier molecular flexibility index (Phi) is 3.33. The van der Waals surface area contributed by atoms with E-state index in [0.717, 1.165) is 31.1 Å². The number of esters is 1. The molecule has 1 saturated carbocycles. The zero-order valence-corrected chi connectivity index (χ0v) is 11.5. The highest BCUT2D eigenvalue weighted by Crippen LogP contribution is 2.52. The molecule has 0 aliphatic heterocycles. The largest absolute Gasteiger partial charge is 0.462 e. The van der Waals surface area contributed by atoms with Crippen LogP contribution in [0.1, 0.15) is 53.4 Å². The van der Waals surface area contributed by atoms with Gasteiger partial charge in [0.25, 0.3) is 0 Å². The van der Waals surface area contributed by atoms with Crippen molar-refractivity contribution in [1.82, 2.24) is 0 Å². The minimum absolute atomic E-state index is 0.118. The Morgan fingerprint density at radius 2 is 2.18 bits per heavy atom. The lowest BCUT2D eigenvalue weighted by Crippen LogP contribution is -2.40. The maximum atomic E-state index is 11.0. The molecule has 0 radical (unpaired) electrons. The Hall–Kier alpha value is -0.790. The lowest BCUT2D eigenvalue weighted by molar-refractivity contribution is -0.148. The second-order valence-corrected chi connectivity index (χ2v) is 6.12. The van der Waals surface area contributed by atoms with Gasteiger partial charge in [0.15, 0.2) is 0 Å². The Morgan fingerprint density at radius 3 is 2.82 bits per heavy atom. The topological polar surface area (TPSA) is 26.3 Å². The quantitative estimate of drug-likeness (QED) is 0.512. The van der Waals surface area contributed by atoms with Crippen molar-refractivity contribution in [3.63, 3.8) is 0 Å². The molecule has 2 aliphatic rings. The first-order valence-electron chi connectivity index (χ1n) is 6.80. The third kappa shape index (κ3) is 2.27. The van der Waals surface area contributed by atoms with E-state index in [2.05, 4.69) is 26.8 Å². The Labute approximate surface area is 104 Å². The third-order valence-electron chi connectivity index (χ3n) is 5.09. The molecule has 0 aromatic carbocycles. The van der Waals surface area contributed by atoms with E-state index in [1.54, 1.807) is 0 Å². The molecule has 1 fully saturated rings. The van der Waals surface area contributed by atoms with Gasteiger partial charge in [0, 0.05) is 13.3 Å². The zero-order valence-electron chi connectivity index (χ0n) is 11.5. The molecule has 0 spiro atoms. The standard InChI is InChI=1S/C15H24O2/c1-10-5-6-13-9-14(17-12(3)16)7-8-15(13,4)11(10)2/h6,10-11,14H,5,7-9H2,1-4H3/t10?,11-,14-,15?/m0/s1. The van der Waals surface area contributed by atoms with E-state index < -0.39 is 0 Å². The van der Waals surface area contributed by atoms with Crippen LogP contribution in [0.4, 0.5) is 0 Å². The molecule has 96 valence electrons. The number of allylic oxidation sites excluding steroid dienone is 1. The van der Waals surface area contributed by atoms with Crippen LogP contribution >= 0.6 is 0 Å². The number of fused-ring (bicyclic) bond motifs is 1. The van der Waals surface area contributed by atoms with Crippen LogP contribution in [0.2, 0.25) is 0 Å². The molecule has 4 atom stereocenters. The van der Waals surface area contributed by atoms with E-state index >= 15 is 0 Å². The molecule has 2 aliphatic carbocycles. The number of carbonyl (C=O) groups is 1. The molecule has 0 aromatic rings. The van der Waals surface area contributed by atoms with Gasteiger partial charge in [0.05, 0.1) is 0 Å². The summed E-state index contributed by atoms with van der Waals surface area (Å²) < 4.78 is 5.37. The minimum atomic E-state index is -0.142. The normalized spacial score (nSPS) is 41.4. The van der Waals surface area contributed by atoms with Crippen LogP contribution in [0, 0.1) is 17.3 Å². The van der Waals surface area contributed by atoms with Crippen LogP contribution in [-0.2, 0) is 9.53 Å². The van der Waals surface area contributed by atoms with E-state index in [1.807, 2.05) is 0 Å². The lowest BCUT2D eigenvalue weighted by Gasteiger charge is -2.48. The van der Waals surface area contributed by atoms with Gasteiger partial charge in [-0.1, -0.05) is 32.4 Å². The molecule has 0 heterocycles. The van der Waals surface area contributed by atoms with Gasteiger partial charge in [0.2, 0.25) is 0 Å². The van der Waals surface area contributed by atoms with Crippen molar-refractivity contribution in [3.05, 3.63) is 11.6 Å². The number of hydrogen-bond donors (Lipinski definition) is 0. The monoisotopic (exact) mass is 236 g/mol. The van der Waals surface area contributed by atoms with Gasteiger partial charge >= 0.3 is 5.97 Å². The fraction of sp³-hybridized carbons (Fsp3) is 0.800. The molecular formula is C15H24O2. The number of rotatable bonds is 1. The predicted octanol–water partition coefficient (Wildman–Crippen LogP) is 3.71. The first-order valence-corrected chi connectivity index (χ1v) is 6.80. The Balaban J connectivity index is 2.13. The predicted molar refractivity (Wildman–Crippen MR) is 68.5 cm³/mol. The first-order chi connectivity index (χ1) is 7.93. The van der Waals surface area contributed by atoms with Crippen LogP contribution in [0.15, 0.2) is 11.6 Å². The number of carbonyl (C=O) groups excluding carboxylic acids is 1. The van der Waals surface area contributed by atoms with Crippen molar-refractivity contribution in [1.29, 1.82) is 0 Å². The summed E-state index contributed by atoms with van der Waals surface area (Å²) in [6.07, 6.45) is 6.83. The smallest absolute Gasteiger partial charge is 0.302 e. The van der Waals surface area contributed by atoms with Crippen molar-refractivity contribution >= 4 is 5.97 Å². The summed E-state index contributed by atoms with van der Waals surface area (Å²) in [5.74, 6) is 1.37. The van der Waals surface area contributed by atoms with Crippen molar-refractivity contribution in [2.45, 2.75) is 59.5 Å². The molecule has 2 heteroatoms. The lowest BCUT2D eigenvalue weighted by atomic mass is 9.57. The second-order valence-electron chi connectivity index (χ2n) is 6.12. The molecule has 0 aromatic heterocycles. The van der Waals surface area contributed by atoms with Gasteiger partial charge in [-0.2, -0.15) is 0 Å². The molecule has 2 rings (SSSR count). The summed E-state index contributed by atoms with van der Waals surface area (Å²) >= 11 is 0. The Bertz CT molecular complexity index is 345. The fourth-order valence-corrected chi connectivity index (χ4v) is 3.53. The maximum Gasteiger partial charge on any atom is 0.302 e. The van der Waals surface area contributed by atoms with E-state index in [0.29, 0.717) is 5.41 Å². The molecule has 2 nitrogen and oxygen atoms in total. The average molecular weight is 236 g/mol. The highest BCUT2D eigenvalue weighted by atomic mass is 16.5. The van der Waals surface area contributed by atoms with Crippen LogP contribution in [0.25, 0.3) is 0 Å². The van der Waals surface area contributed by atoms with Crippen LogP contribution in [0.3, 0.4) is 0 Å². The minimum Gasteiger partial charge on any atom is -0.462 e. The summed E-state index contributed by atoms with van der Waals surface area (Å²) in [6, 6.07) is 0. The highest BCUT2D eigenvalue weighted by molar-refractivity contribution is 5.66. The summed E-state index contributed by atoms with van der Waals surface area (Å²) in [5.41, 5.74) is 1.87. The van der Waals surface area contributed by atoms with Crippen molar-refractivity contribution in [3.8, 4) is 0 Å². The summed E-state index contributed by atoms with van der Waals surface area (Å²) in [6.45, 7) is 8.63.